The maximum Gasteiger partial charge on any atom is 0.254 e. The van der Waals surface area contributed by atoms with Gasteiger partial charge in [-0.3, -0.25) is 14.7 Å². The Balaban J connectivity index is 1.76. The molecule has 6 heteroatoms. The Kier molecular flexibility index (Phi) is 4.60. The van der Waals surface area contributed by atoms with Crippen molar-refractivity contribution in [2.24, 2.45) is 0 Å². The highest BCUT2D eigenvalue weighted by Crippen LogP contribution is 2.03. The molecule has 1 aromatic rings. The second kappa shape index (κ2) is 6.42. The van der Waals surface area contributed by atoms with Crippen LogP contribution in [0.2, 0.25) is 0 Å². The van der Waals surface area contributed by atoms with E-state index in [1.807, 2.05) is 0 Å². The second-order valence-electron chi connectivity index (χ2n) is 4.20. The van der Waals surface area contributed by atoms with Crippen LogP contribution in [0.3, 0.4) is 0 Å². The minimum atomic E-state index is -0.586. The number of halogens is 1. The first-order valence-corrected chi connectivity index (χ1v) is 6.08. The molecule has 2 N–H and O–H groups in total. The van der Waals surface area contributed by atoms with E-state index in [1.165, 1.54) is 12.3 Å². The third kappa shape index (κ3) is 3.48. The lowest BCUT2D eigenvalue weighted by molar-refractivity contribution is 0.0943. The molecule has 0 unspecified atom stereocenters. The maximum absolute atomic E-state index is 13.3. The van der Waals surface area contributed by atoms with Gasteiger partial charge in [-0.15, -0.1) is 0 Å². The first kappa shape index (κ1) is 12.9. The maximum atomic E-state index is 13.3. The van der Waals surface area contributed by atoms with Gasteiger partial charge in [0.1, 0.15) is 0 Å². The van der Waals surface area contributed by atoms with Crippen molar-refractivity contribution in [1.82, 2.24) is 20.5 Å². The van der Waals surface area contributed by atoms with E-state index in [0.29, 0.717) is 6.54 Å². The minimum Gasteiger partial charge on any atom is -0.351 e. The van der Waals surface area contributed by atoms with Crippen LogP contribution in [-0.2, 0) is 0 Å². The monoisotopic (exact) mass is 252 g/mol. The van der Waals surface area contributed by atoms with E-state index in [1.54, 1.807) is 0 Å². The summed E-state index contributed by atoms with van der Waals surface area (Å²) < 4.78 is 13.3. The standard InChI is InChI=1S/C12H17FN4O/c13-11-9-15-2-1-10(11)12(18)16-5-8-17-6-3-14-4-7-17/h1-2,9,14H,3-8H2,(H,16,18). The van der Waals surface area contributed by atoms with Gasteiger partial charge < -0.3 is 10.6 Å². The molecule has 2 rings (SSSR count). The van der Waals surface area contributed by atoms with E-state index < -0.39 is 5.82 Å². The highest BCUT2D eigenvalue weighted by Gasteiger charge is 2.12. The van der Waals surface area contributed by atoms with Crippen LogP contribution >= 0.6 is 0 Å². The number of rotatable bonds is 4. The molecule has 1 aliphatic rings. The summed E-state index contributed by atoms with van der Waals surface area (Å²) in [7, 11) is 0. The molecule has 0 saturated carbocycles. The molecule has 0 atom stereocenters. The van der Waals surface area contributed by atoms with Gasteiger partial charge in [-0.2, -0.15) is 0 Å². The van der Waals surface area contributed by atoms with Crippen LogP contribution in [0.4, 0.5) is 4.39 Å². The summed E-state index contributed by atoms with van der Waals surface area (Å²) >= 11 is 0. The molecule has 5 nitrogen and oxygen atoms in total. The number of pyridine rings is 1. The van der Waals surface area contributed by atoms with Crippen molar-refractivity contribution in [2.75, 3.05) is 39.3 Å². The summed E-state index contributed by atoms with van der Waals surface area (Å²) in [5, 5.41) is 5.98. The predicted molar refractivity (Wildman–Crippen MR) is 65.8 cm³/mol. The van der Waals surface area contributed by atoms with E-state index >= 15 is 0 Å². The van der Waals surface area contributed by atoms with Gasteiger partial charge in [0.2, 0.25) is 0 Å². The fourth-order valence-corrected chi connectivity index (χ4v) is 1.92. The first-order valence-electron chi connectivity index (χ1n) is 6.08. The summed E-state index contributed by atoms with van der Waals surface area (Å²) in [6.07, 6.45) is 2.46. The zero-order chi connectivity index (χ0) is 12.8. The lowest BCUT2D eigenvalue weighted by Crippen LogP contribution is -2.46. The van der Waals surface area contributed by atoms with Gasteiger partial charge in [-0.1, -0.05) is 0 Å². The van der Waals surface area contributed by atoms with Crippen molar-refractivity contribution in [3.05, 3.63) is 29.8 Å². The fourth-order valence-electron chi connectivity index (χ4n) is 1.92. The fraction of sp³-hybridized carbons (Fsp3) is 0.500. The lowest BCUT2D eigenvalue weighted by Gasteiger charge is -2.27. The Morgan fingerprint density at radius 1 is 1.50 bits per heavy atom. The van der Waals surface area contributed by atoms with Crippen molar-refractivity contribution in [3.8, 4) is 0 Å². The van der Waals surface area contributed by atoms with Crippen molar-refractivity contribution in [2.45, 2.75) is 0 Å². The van der Waals surface area contributed by atoms with Crippen molar-refractivity contribution in [3.63, 3.8) is 0 Å². The van der Waals surface area contributed by atoms with E-state index in [9.17, 15) is 9.18 Å². The third-order valence-electron chi connectivity index (χ3n) is 2.94. The number of nitrogens with one attached hydrogen (secondary N) is 2. The zero-order valence-electron chi connectivity index (χ0n) is 10.2. The topological polar surface area (TPSA) is 57.3 Å². The highest BCUT2D eigenvalue weighted by atomic mass is 19.1. The Labute approximate surface area is 105 Å². The quantitative estimate of drug-likeness (QED) is 0.783. The normalized spacial score (nSPS) is 16.5. The van der Waals surface area contributed by atoms with E-state index in [2.05, 4.69) is 20.5 Å². The predicted octanol–water partition coefficient (Wildman–Crippen LogP) is -0.144. The number of amides is 1. The van der Waals surface area contributed by atoms with Gasteiger partial charge in [-0.25, -0.2) is 4.39 Å². The number of nitrogens with zero attached hydrogens (tertiary/aromatic N) is 2. The van der Waals surface area contributed by atoms with Crippen LogP contribution in [0.25, 0.3) is 0 Å². The third-order valence-corrected chi connectivity index (χ3v) is 2.94. The summed E-state index contributed by atoms with van der Waals surface area (Å²) in [6, 6.07) is 1.38. The van der Waals surface area contributed by atoms with Crippen LogP contribution in [0.1, 0.15) is 10.4 Å². The molecule has 98 valence electrons. The van der Waals surface area contributed by atoms with Gasteiger partial charge in [0.15, 0.2) is 5.82 Å². The average Bonchev–Trinajstić information content (AvgIpc) is 2.40. The molecule has 2 heterocycles. The van der Waals surface area contributed by atoms with Crippen molar-refractivity contribution >= 4 is 5.91 Å². The van der Waals surface area contributed by atoms with Gasteiger partial charge in [0.05, 0.1) is 11.8 Å². The summed E-state index contributed by atoms with van der Waals surface area (Å²) in [5.74, 6) is -0.970. The molecule has 0 radical (unpaired) electrons. The second-order valence-corrected chi connectivity index (χ2v) is 4.20. The van der Waals surface area contributed by atoms with Gasteiger partial charge in [0.25, 0.3) is 5.91 Å². The summed E-state index contributed by atoms with van der Waals surface area (Å²) in [5.41, 5.74) is 0.0466. The largest absolute Gasteiger partial charge is 0.351 e. The Bertz CT molecular complexity index is 407. The van der Waals surface area contributed by atoms with Gasteiger partial charge in [-0.05, 0) is 6.07 Å². The SMILES string of the molecule is O=C(NCCN1CCNCC1)c1ccncc1F. The molecule has 0 aliphatic carbocycles. The van der Waals surface area contributed by atoms with E-state index in [0.717, 1.165) is 38.9 Å². The molecule has 0 spiro atoms. The summed E-state index contributed by atoms with van der Waals surface area (Å²) in [4.78, 5) is 17.6. The molecule has 1 amide bonds. The number of carbonyl (C=O) groups is 1. The highest BCUT2D eigenvalue weighted by molar-refractivity contribution is 5.94. The molecule has 1 fully saturated rings. The smallest absolute Gasteiger partial charge is 0.254 e. The Hall–Kier alpha value is -1.53. The lowest BCUT2D eigenvalue weighted by atomic mass is 10.2. The minimum absolute atomic E-state index is 0.0466. The van der Waals surface area contributed by atoms with E-state index in [-0.39, 0.29) is 11.5 Å². The number of hydrogen-bond donors (Lipinski definition) is 2. The van der Waals surface area contributed by atoms with E-state index in [4.69, 9.17) is 0 Å². The Morgan fingerprint density at radius 2 is 2.28 bits per heavy atom. The van der Waals surface area contributed by atoms with Crippen LogP contribution in [0.5, 0.6) is 0 Å². The molecule has 1 saturated heterocycles. The average molecular weight is 252 g/mol. The number of piperazine rings is 1. The number of aromatic nitrogens is 1. The first-order chi connectivity index (χ1) is 8.77. The Morgan fingerprint density at radius 3 is 3.00 bits per heavy atom. The van der Waals surface area contributed by atoms with Crippen LogP contribution in [0.15, 0.2) is 18.5 Å². The van der Waals surface area contributed by atoms with Crippen LogP contribution in [-0.4, -0.2) is 55.1 Å². The summed E-state index contributed by atoms with van der Waals surface area (Å²) in [6.45, 7) is 5.25. The molecule has 18 heavy (non-hydrogen) atoms. The molecule has 0 bridgehead atoms. The van der Waals surface area contributed by atoms with Gasteiger partial charge in [0, 0.05) is 45.5 Å². The van der Waals surface area contributed by atoms with Crippen molar-refractivity contribution < 1.29 is 9.18 Å². The number of carbonyl (C=O) groups excluding carboxylic acids is 1. The van der Waals surface area contributed by atoms with Crippen LogP contribution in [0, 0.1) is 5.82 Å². The van der Waals surface area contributed by atoms with Gasteiger partial charge >= 0.3 is 0 Å². The zero-order valence-corrected chi connectivity index (χ0v) is 10.2. The molecule has 0 aromatic carbocycles. The van der Waals surface area contributed by atoms with Crippen molar-refractivity contribution in [1.29, 1.82) is 0 Å². The number of hydrogen-bond acceptors (Lipinski definition) is 4. The molecule has 1 aliphatic heterocycles. The molecular weight excluding hydrogens is 235 g/mol. The molecular formula is C12H17FN4O. The van der Waals surface area contributed by atoms with Crippen LogP contribution < -0.4 is 10.6 Å². The molecule has 1 aromatic heterocycles.